The highest BCUT2D eigenvalue weighted by Crippen LogP contribution is 2.04. The monoisotopic (exact) mass is 328 g/mol. The zero-order valence-electron chi connectivity index (χ0n) is 12.7. The Bertz CT molecular complexity index is 703. The molecule has 24 heavy (non-hydrogen) atoms. The number of ether oxygens (including phenoxy) is 1. The van der Waals surface area contributed by atoms with Crippen LogP contribution >= 0.6 is 0 Å². The molecule has 0 bridgehead atoms. The first-order valence-corrected chi connectivity index (χ1v) is 7.19. The number of carboxylic acids is 1. The predicted molar refractivity (Wildman–Crippen MR) is 84.0 cm³/mol. The van der Waals surface area contributed by atoms with Crippen LogP contribution in [-0.2, 0) is 20.9 Å². The third-order valence-corrected chi connectivity index (χ3v) is 3.16. The van der Waals surface area contributed by atoms with Crippen LogP contribution in [0.5, 0.6) is 0 Å². The lowest BCUT2D eigenvalue weighted by Gasteiger charge is -2.14. The van der Waals surface area contributed by atoms with E-state index in [0.717, 1.165) is 5.56 Å². The molecule has 2 aromatic rings. The number of carboxylic acid groups (broad SMARTS) is 1. The van der Waals surface area contributed by atoms with E-state index in [1.54, 1.807) is 24.3 Å². The Morgan fingerprint density at radius 3 is 2.38 bits per heavy atom. The van der Waals surface area contributed by atoms with Gasteiger partial charge in [0.2, 0.25) is 0 Å². The minimum absolute atomic E-state index is 0.0459. The normalized spacial score (nSPS) is 11.3. The fourth-order valence-electron chi connectivity index (χ4n) is 1.91. The summed E-state index contributed by atoms with van der Waals surface area (Å²) in [5.74, 6) is -2.61. The van der Waals surface area contributed by atoms with Gasteiger partial charge in [0.05, 0.1) is 6.42 Å². The Morgan fingerprint density at radius 2 is 1.75 bits per heavy atom. The van der Waals surface area contributed by atoms with Gasteiger partial charge in [-0.1, -0.05) is 30.3 Å². The highest BCUT2D eigenvalue weighted by Gasteiger charge is 2.24. The van der Waals surface area contributed by atoms with Gasteiger partial charge < -0.3 is 15.2 Å². The number of nitrogens with one attached hydrogen (secondary N) is 1. The van der Waals surface area contributed by atoms with E-state index in [9.17, 15) is 14.4 Å². The predicted octanol–water partition coefficient (Wildman–Crippen LogP) is 1.40. The number of pyridine rings is 1. The van der Waals surface area contributed by atoms with Gasteiger partial charge in [-0.25, -0.2) is 4.79 Å². The molecule has 0 aliphatic rings. The van der Waals surface area contributed by atoms with Gasteiger partial charge in [-0.05, 0) is 17.7 Å². The molecule has 1 amide bonds. The lowest BCUT2D eigenvalue weighted by Crippen LogP contribution is -2.42. The molecule has 0 aliphatic heterocycles. The number of esters is 1. The third kappa shape index (κ3) is 5.20. The van der Waals surface area contributed by atoms with E-state index in [0.29, 0.717) is 0 Å². The van der Waals surface area contributed by atoms with Crippen LogP contribution in [0.2, 0.25) is 0 Å². The van der Waals surface area contributed by atoms with Crippen molar-refractivity contribution in [2.24, 2.45) is 0 Å². The fourth-order valence-corrected chi connectivity index (χ4v) is 1.91. The van der Waals surface area contributed by atoms with Gasteiger partial charge >= 0.3 is 11.9 Å². The van der Waals surface area contributed by atoms with Crippen LogP contribution in [0.4, 0.5) is 0 Å². The van der Waals surface area contributed by atoms with Gasteiger partial charge in [0.1, 0.15) is 12.6 Å². The molecule has 0 fully saturated rings. The van der Waals surface area contributed by atoms with Crippen molar-refractivity contribution in [3.63, 3.8) is 0 Å². The van der Waals surface area contributed by atoms with Crippen LogP contribution in [0.25, 0.3) is 0 Å². The van der Waals surface area contributed by atoms with E-state index < -0.39 is 30.3 Å². The van der Waals surface area contributed by atoms with Crippen LogP contribution in [0.3, 0.4) is 0 Å². The van der Waals surface area contributed by atoms with Crippen molar-refractivity contribution in [3.8, 4) is 0 Å². The number of aromatic nitrogens is 1. The van der Waals surface area contributed by atoms with Crippen LogP contribution in [0.15, 0.2) is 54.9 Å². The average molecular weight is 328 g/mol. The fraction of sp³-hybridized carbons (Fsp3) is 0.176. The van der Waals surface area contributed by atoms with Crippen molar-refractivity contribution in [1.82, 2.24) is 10.3 Å². The summed E-state index contributed by atoms with van der Waals surface area (Å²) in [7, 11) is 0. The summed E-state index contributed by atoms with van der Waals surface area (Å²) in [4.78, 5) is 38.8. The Morgan fingerprint density at radius 1 is 1.08 bits per heavy atom. The number of carbonyl (C=O) groups is 3. The van der Waals surface area contributed by atoms with Gasteiger partial charge in [-0.15, -0.1) is 0 Å². The SMILES string of the molecule is O=C(C[C@@H](NC(=O)c1ccncc1)C(=O)O)OCc1ccccc1. The molecule has 0 aliphatic carbocycles. The minimum atomic E-state index is -1.37. The van der Waals surface area contributed by atoms with Gasteiger partial charge in [0.25, 0.3) is 5.91 Å². The summed E-state index contributed by atoms with van der Waals surface area (Å²) in [5, 5.41) is 11.5. The van der Waals surface area contributed by atoms with E-state index in [4.69, 9.17) is 9.84 Å². The molecule has 0 radical (unpaired) electrons. The molecule has 2 rings (SSSR count). The molecule has 1 atom stereocenters. The van der Waals surface area contributed by atoms with Crippen molar-refractivity contribution in [3.05, 3.63) is 66.0 Å². The molecule has 2 N–H and O–H groups in total. The van der Waals surface area contributed by atoms with Gasteiger partial charge in [0.15, 0.2) is 0 Å². The Kier molecular flexibility index (Phi) is 6.01. The number of hydrogen-bond donors (Lipinski definition) is 2. The zero-order chi connectivity index (χ0) is 17.4. The molecule has 124 valence electrons. The van der Waals surface area contributed by atoms with Crippen molar-refractivity contribution in [1.29, 1.82) is 0 Å². The van der Waals surface area contributed by atoms with Crippen LogP contribution in [-0.4, -0.2) is 34.0 Å². The van der Waals surface area contributed by atoms with Crippen LogP contribution in [0.1, 0.15) is 22.3 Å². The Balaban J connectivity index is 1.89. The minimum Gasteiger partial charge on any atom is -0.480 e. The summed E-state index contributed by atoms with van der Waals surface area (Å²) in [5.41, 5.74) is 1.05. The lowest BCUT2D eigenvalue weighted by atomic mass is 10.2. The zero-order valence-corrected chi connectivity index (χ0v) is 12.7. The second-order valence-electron chi connectivity index (χ2n) is 4.95. The van der Waals surface area contributed by atoms with E-state index >= 15 is 0 Å². The topological polar surface area (TPSA) is 106 Å². The van der Waals surface area contributed by atoms with Crippen molar-refractivity contribution >= 4 is 17.8 Å². The number of aliphatic carboxylic acids is 1. The Hall–Kier alpha value is -3.22. The molecule has 1 aromatic carbocycles. The van der Waals surface area contributed by atoms with Crippen LogP contribution < -0.4 is 5.32 Å². The maximum absolute atomic E-state index is 12.0. The number of rotatable bonds is 7. The van der Waals surface area contributed by atoms with Crippen molar-refractivity contribution < 1.29 is 24.2 Å². The number of nitrogens with zero attached hydrogens (tertiary/aromatic N) is 1. The molecular weight excluding hydrogens is 312 g/mol. The number of hydrogen-bond acceptors (Lipinski definition) is 5. The van der Waals surface area contributed by atoms with E-state index in [1.807, 2.05) is 6.07 Å². The number of amides is 1. The standard InChI is InChI=1S/C17H16N2O5/c20-15(24-11-12-4-2-1-3-5-12)10-14(17(22)23)19-16(21)13-6-8-18-9-7-13/h1-9,14H,10-11H2,(H,19,21)(H,22,23)/t14-/m1/s1. The second kappa shape index (κ2) is 8.42. The molecule has 0 saturated carbocycles. The molecule has 1 aromatic heterocycles. The smallest absolute Gasteiger partial charge is 0.326 e. The molecule has 0 spiro atoms. The summed E-state index contributed by atoms with van der Waals surface area (Å²) in [6.45, 7) is 0.0459. The largest absolute Gasteiger partial charge is 0.480 e. The quantitative estimate of drug-likeness (QED) is 0.744. The van der Waals surface area contributed by atoms with Crippen molar-refractivity contribution in [2.75, 3.05) is 0 Å². The average Bonchev–Trinajstić information content (AvgIpc) is 2.61. The second-order valence-corrected chi connectivity index (χ2v) is 4.95. The molecular formula is C17H16N2O5. The number of carbonyl (C=O) groups excluding carboxylic acids is 2. The van der Waals surface area contributed by atoms with E-state index in [-0.39, 0.29) is 12.2 Å². The van der Waals surface area contributed by atoms with Gasteiger partial charge in [-0.3, -0.25) is 14.6 Å². The first-order valence-electron chi connectivity index (χ1n) is 7.19. The summed E-state index contributed by atoms with van der Waals surface area (Å²) < 4.78 is 5.03. The maximum Gasteiger partial charge on any atom is 0.326 e. The van der Waals surface area contributed by atoms with Crippen LogP contribution in [0, 0.1) is 0 Å². The summed E-state index contributed by atoms with van der Waals surface area (Å²) in [6.07, 6.45) is 2.37. The first kappa shape index (κ1) is 17.1. The molecule has 0 saturated heterocycles. The molecule has 7 heteroatoms. The molecule has 1 heterocycles. The Labute approximate surface area is 138 Å². The van der Waals surface area contributed by atoms with Crippen molar-refractivity contribution in [2.45, 2.75) is 19.1 Å². The first-order chi connectivity index (χ1) is 11.6. The van der Waals surface area contributed by atoms with E-state index in [2.05, 4.69) is 10.3 Å². The summed E-state index contributed by atoms with van der Waals surface area (Å²) >= 11 is 0. The van der Waals surface area contributed by atoms with E-state index in [1.165, 1.54) is 24.5 Å². The molecule has 7 nitrogen and oxygen atoms in total. The third-order valence-electron chi connectivity index (χ3n) is 3.16. The molecule has 0 unspecified atom stereocenters. The van der Waals surface area contributed by atoms with Gasteiger partial charge in [-0.2, -0.15) is 0 Å². The summed E-state index contributed by atoms with van der Waals surface area (Å²) in [6, 6.07) is 10.5. The maximum atomic E-state index is 12.0. The highest BCUT2D eigenvalue weighted by molar-refractivity contribution is 5.97. The highest BCUT2D eigenvalue weighted by atomic mass is 16.5. The number of benzene rings is 1. The van der Waals surface area contributed by atoms with Gasteiger partial charge in [0, 0.05) is 18.0 Å². The lowest BCUT2D eigenvalue weighted by molar-refractivity contribution is -0.150.